The number of carbonyl (C=O) groups is 2. The molecule has 8 rings (SSSR count). The Morgan fingerprint density at radius 1 is 0.960 bits per heavy atom. The Labute approximate surface area is 289 Å². The van der Waals surface area contributed by atoms with E-state index in [0.29, 0.717) is 62.1 Å². The van der Waals surface area contributed by atoms with Gasteiger partial charge in [-0.15, -0.1) is 0 Å². The lowest BCUT2D eigenvalue weighted by Gasteiger charge is -2.29. The van der Waals surface area contributed by atoms with Gasteiger partial charge in [0.05, 0.1) is 17.5 Å². The lowest BCUT2D eigenvalue weighted by atomic mass is 9.85. The number of hydrogen-bond acceptors (Lipinski definition) is 8. The first-order valence-corrected chi connectivity index (χ1v) is 17.2. The SMILES string of the molecule is CC(C)n1cc(-c2n[nH]c3ccc(N4CC[C@]5(CCN(CC(=O)N6CC=C(c7ccc(-c8ncn(C)n8)cc7)CC6)C5)C4=O)nc23)ccc1=O. The van der Waals surface area contributed by atoms with E-state index in [4.69, 9.17) is 4.98 Å². The van der Waals surface area contributed by atoms with E-state index in [1.165, 1.54) is 5.57 Å². The number of fused-ring (bicyclic) bond motifs is 1. The lowest BCUT2D eigenvalue weighted by Crippen LogP contribution is -2.43. The van der Waals surface area contributed by atoms with Gasteiger partial charge in [0.25, 0.3) is 5.56 Å². The molecule has 13 nitrogen and oxygen atoms in total. The van der Waals surface area contributed by atoms with Crippen LogP contribution in [0.15, 0.2) is 71.9 Å². The predicted molar refractivity (Wildman–Crippen MR) is 190 cm³/mol. The summed E-state index contributed by atoms with van der Waals surface area (Å²) >= 11 is 0. The van der Waals surface area contributed by atoms with Crippen molar-refractivity contribution in [3.05, 3.63) is 83.0 Å². The first kappa shape index (κ1) is 31.8. The summed E-state index contributed by atoms with van der Waals surface area (Å²) in [5, 5.41) is 11.9. The largest absolute Gasteiger partial charge is 0.338 e. The van der Waals surface area contributed by atoms with Crippen LogP contribution in [0.3, 0.4) is 0 Å². The molecule has 0 saturated carbocycles. The molecule has 3 aliphatic heterocycles. The zero-order chi connectivity index (χ0) is 34.6. The van der Waals surface area contributed by atoms with E-state index in [9.17, 15) is 14.4 Å². The summed E-state index contributed by atoms with van der Waals surface area (Å²) in [6, 6.07) is 15.3. The molecule has 0 unspecified atom stereocenters. The fourth-order valence-electron chi connectivity index (χ4n) is 7.55. The molecule has 1 spiro atoms. The molecule has 2 saturated heterocycles. The quantitative estimate of drug-likeness (QED) is 0.275. The van der Waals surface area contributed by atoms with Gasteiger partial charge in [-0.1, -0.05) is 30.3 Å². The fourth-order valence-corrected chi connectivity index (χ4v) is 7.55. The van der Waals surface area contributed by atoms with Gasteiger partial charge in [0.1, 0.15) is 23.4 Å². The van der Waals surface area contributed by atoms with Crippen LogP contribution in [-0.4, -0.2) is 95.4 Å². The number of rotatable bonds is 7. The number of H-pyrrole nitrogens is 1. The molecule has 1 N–H and O–H groups in total. The van der Waals surface area contributed by atoms with E-state index in [1.54, 1.807) is 38.8 Å². The Morgan fingerprint density at radius 3 is 2.48 bits per heavy atom. The van der Waals surface area contributed by atoms with E-state index < -0.39 is 5.41 Å². The molecular formula is C37H40N10O3. The first-order valence-electron chi connectivity index (χ1n) is 17.2. The monoisotopic (exact) mass is 672 g/mol. The van der Waals surface area contributed by atoms with E-state index in [1.807, 2.05) is 50.1 Å². The maximum atomic E-state index is 14.0. The van der Waals surface area contributed by atoms with Gasteiger partial charge in [0.2, 0.25) is 11.8 Å². The van der Waals surface area contributed by atoms with Gasteiger partial charge < -0.3 is 9.47 Å². The number of aromatic nitrogens is 7. The number of anilines is 1. The minimum atomic E-state index is -0.519. The summed E-state index contributed by atoms with van der Waals surface area (Å²) in [6.45, 7) is 7.33. The van der Waals surface area contributed by atoms with Crippen molar-refractivity contribution in [2.45, 2.75) is 39.2 Å². The van der Waals surface area contributed by atoms with Crippen molar-refractivity contribution in [3.8, 4) is 22.6 Å². The molecule has 256 valence electrons. The van der Waals surface area contributed by atoms with Crippen LogP contribution < -0.4 is 10.5 Å². The molecule has 1 aromatic carbocycles. The van der Waals surface area contributed by atoms with Crippen LogP contribution in [-0.2, 0) is 16.6 Å². The standard InChI is InChI=1S/C37H40N10O3/c1-24(2)47-20-28(8-11-31(47)48)33-34-29(40-41-33)9-10-30(39-34)46-19-15-37(36(46)50)14-18-44(22-37)21-32(49)45-16-12-26(13-17-45)25-4-6-27(7-5-25)35-38-23-43(3)42-35/h4-12,20,23-24H,13-19,21-22H2,1-3H3,(H,40,41)/t37-/m0/s1. The zero-order valence-corrected chi connectivity index (χ0v) is 28.5. The van der Waals surface area contributed by atoms with Crippen LogP contribution in [0.4, 0.5) is 5.82 Å². The molecule has 50 heavy (non-hydrogen) atoms. The van der Waals surface area contributed by atoms with Crippen LogP contribution in [0, 0.1) is 5.41 Å². The average Bonchev–Trinajstić information content (AvgIpc) is 3.92. The summed E-state index contributed by atoms with van der Waals surface area (Å²) in [4.78, 5) is 54.8. The molecule has 2 fully saturated rings. The van der Waals surface area contributed by atoms with E-state index in [2.05, 4.69) is 43.4 Å². The third kappa shape index (κ3) is 5.70. The lowest BCUT2D eigenvalue weighted by molar-refractivity contribution is -0.132. The number of benzene rings is 1. The van der Waals surface area contributed by atoms with Gasteiger partial charge in [-0.25, -0.2) is 9.97 Å². The highest BCUT2D eigenvalue weighted by atomic mass is 16.2. The predicted octanol–water partition coefficient (Wildman–Crippen LogP) is 3.91. The molecule has 4 aromatic heterocycles. The molecule has 1 atom stereocenters. The van der Waals surface area contributed by atoms with Crippen molar-refractivity contribution < 1.29 is 9.59 Å². The maximum Gasteiger partial charge on any atom is 0.250 e. The van der Waals surface area contributed by atoms with Crippen molar-refractivity contribution in [1.82, 2.24) is 44.3 Å². The molecule has 0 bridgehead atoms. The summed E-state index contributed by atoms with van der Waals surface area (Å²) in [7, 11) is 1.85. The minimum absolute atomic E-state index is 0.00576. The van der Waals surface area contributed by atoms with Crippen molar-refractivity contribution in [3.63, 3.8) is 0 Å². The minimum Gasteiger partial charge on any atom is -0.338 e. The molecule has 7 heterocycles. The zero-order valence-electron chi connectivity index (χ0n) is 28.5. The molecule has 0 radical (unpaired) electrons. The van der Waals surface area contributed by atoms with Crippen LogP contribution in [0.25, 0.3) is 39.3 Å². The smallest absolute Gasteiger partial charge is 0.250 e. The van der Waals surface area contributed by atoms with Crippen LogP contribution in [0.2, 0.25) is 0 Å². The number of carbonyl (C=O) groups excluding carboxylic acids is 2. The van der Waals surface area contributed by atoms with Crippen LogP contribution >= 0.6 is 0 Å². The normalized spacial score (nSPS) is 19.8. The van der Waals surface area contributed by atoms with Gasteiger partial charge in [-0.05, 0) is 69.0 Å². The fraction of sp³-hybridized carbons (Fsp3) is 0.378. The Balaban J connectivity index is 0.905. The number of aryl methyl sites for hydroxylation is 1. The number of nitrogens with zero attached hydrogens (tertiary/aromatic N) is 9. The highest BCUT2D eigenvalue weighted by molar-refractivity contribution is 6.01. The number of nitrogens with one attached hydrogen (secondary N) is 1. The second-order valence-corrected chi connectivity index (χ2v) is 14.0. The second-order valence-electron chi connectivity index (χ2n) is 14.0. The number of likely N-dealkylation sites (tertiary alicyclic amines) is 1. The summed E-state index contributed by atoms with van der Waals surface area (Å²) < 4.78 is 3.36. The van der Waals surface area contributed by atoms with Crippen molar-refractivity contribution >= 4 is 34.2 Å². The number of amides is 2. The third-order valence-corrected chi connectivity index (χ3v) is 10.4. The van der Waals surface area contributed by atoms with E-state index >= 15 is 0 Å². The van der Waals surface area contributed by atoms with E-state index in [0.717, 1.165) is 41.5 Å². The van der Waals surface area contributed by atoms with Crippen LogP contribution in [0.1, 0.15) is 44.7 Å². The van der Waals surface area contributed by atoms with Crippen molar-refractivity contribution in [2.75, 3.05) is 44.2 Å². The Hall–Kier alpha value is -5.43. The summed E-state index contributed by atoms with van der Waals surface area (Å²) in [6.07, 6.45) is 7.88. The summed E-state index contributed by atoms with van der Waals surface area (Å²) in [5.41, 5.74) is 5.60. The second kappa shape index (κ2) is 12.5. The topological polar surface area (TPSA) is 138 Å². The molecule has 13 heteroatoms. The van der Waals surface area contributed by atoms with E-state index in [-0.39, 0.29) is 23.4 Å². The van der Waals surface area contributed by atoms with Gasteiger partial charge in [0.15, 0.2) is 5.82 Å². The Kier molecular flexibility index (Phi) is 7.94. The average molecular weight is 673 g/mol. The van der Waals surface area contributed by atoms with Gasteiger partial charge >= 0.3 is 0 Å². The number of hydrogen-bond donors (Lipinski definition) is 1. The van der Waals surface area contributed by atoms with Gasteiger partial charge in [0, 0.05) is 62.7 Å². The summed E-state index contributed by atoms with van der Waals surface area (Å²) in [5.74, 6) is 1.45. The highest BCUT2D eigenvalue weighted by Gasteiger charge is 2.51. The number of pyridine rings is 2. The maximum absolute atomic E-state index is 14.0. The number of aromatic amines is 1. The highest BCUT2D eigenvalue weighted by Crippen LogP contribution is 2.42. The molecular weight excluding hydrogens is 632 g/mol. The molecule has 2 amide bonds. The Morgan fingerprint density at radius 2 is 1.74 bits per heavy atom. The molecule has 0 aliphatic carbocycles. The Bertz CT molecular complexity index is 2200. The molecule has 5 aromatic rings. The van der Waals surface area contributed by atoms with Crippen molar-refractivity contribution in [1.29, 1.82) is 0 Å². The van der Waals surface area contributed by atoms with Crippen LogP contribution in [0.5, 0.6) is 0 Å². The molecule has 3 aliphatic rings. The first-order chi connectivity index (χ1) is 24.2. The van der Waals surface area contributed by atoms with Gasteiger partial charge in [-0.2, -0.15) is 10.2 Å². The van der Waals surface area contributed by atoms with Gasteiger partial charge in [-0.3, -0.25) is 34.0 Å². The van der Waals surface area contributed by atoms with Crippen molar-refractivity contribution in [2.24, 2.45) is 12.5 Å². The third-order valence-electron chi connectivity index (χ3n) is 10.4.